The number of aryl methyl sites for hydroxylation is 1. The third kappa shape index (κ3) is 4.13. The lowest BCUT2D eigenvalue weighted by Crippen LogP contribution is -2.35. The molecular weight excluding hydrogens is 218 g/mol. The van der Waals surface area contributed by atoms with Gasteiger partial charge in [0.25, 0.3) is 0 Å². The van der Waals surface area contributed by atoms with E-state index in [9.17, 15) is 0 Å². The summed E-state index contributed by atoms with van der Waals surface area (Å²) in [7, 11) is 0. The van der Waals surface area contributed by atoms with E-state index >= 15 is 0 Å². The van der Waals surface area contributed by atoms with Gasteiger partial charge in [-0.1, -0.05) is 49.6 Å². The van der Waals surface area contributed by atoms with E-state index in [0.717, 1.165) is 12.0 Å². The van der Waals surface area contributed by atoms with Gasteiger partial charge in [-0.15, -0.1) is 0 Å². The summed E-state index contributed by atoms with van der Waals surface area (Å²) in [5, 5.41) is 3.70. The van der Waals surface area contributed by atoms with E-state index in [1.807, 2.05) is 0 Å². The minimum Gasteiger partial charge on any atom is -0.314 e. The van der Waals surface area contributed by atoms with Crippen LogP contribution in [0.15, 0.2) is 24.3 Å². The summed E-state index contributed by atoms with van der Waals surface area (Å²) in [6.07, 6.45) is 8.08. The Bertz CT molecular complexity index is 341. The van der Waals surface area contributed by atoms with E-state index in [1.165, 1.54) is 56.2 Å². The summed E-state index contributed by atoms with van der Waals surface area (Å²) in [4.78, 5) is 0. The molecule has 1 heteroatoms. The zero-order valence-corrected chi connectivity index (χ0v) is 11.9. The van der Waals surface area contributed by atoms with Crippen molar-refractivity contribution in [2.24, 2.45) is 5.92 Å². The Morgan fingerprint density at radius 3 is 2.67 bits per heavy atom. The highest BCUT2D eigenvalue weighted by atomic mass is 14.9. The van der Waals surface area contributed by atoms with Crippen LogP contribution in [-0.4, -0.2) is 12.6 Å². The molecule has 0 aliphatic heterocycles. The minimum atomic E-state index is 0.772. The van der Waals surface area contributed by atoms with Crippen molar-refractivity contribution < 1.29 is 0 Å². The van der Waals surface area contributed by atoms with Gasteiger partial charge in [-0.05, 0) is 50.6 Å². The first-order valence-corrected chi connectivity index (χ1v) is 7.57. The molecule has 0 spiro atoms. The predicted molar refractivity (Wildman–Crippen MR) is 78.9 cm³/mol. The molecule has 0 saturated heterocycles. The number of hydrogen-bond acceptors (Lipinski definition) is 1. The SMILES string of the molecule is CCCNC1CCCC(Cc2ccc(C)cc2)C1. The summed E-state index contributed by atoms with van der Waals surface area (Å²) >= 11 is 0. The average Bonchev–Trinajstić information content (AvgIpc) is 2.40. The molecule has 1 fully saturated rings. The van der Waals surface area contributed by atoms with Gasteiger partial charge in [-0.2, -0.15) is 0 Å². The monoisotopic (exact) mass is 245 g/mol. The maximum atomic E-state index is 3.70. The Morgan fingerprint density at radius 1 is 1.17 bits per heavy atom. The van der Waals surface area contributed by atoms with Gasteiger partial charge < -0.3 is 5.32 Å². The molecule has 0 radical (unpaired) electrons. The van der Waals surface area contributed by atoms with Gasteiger partial charge in [0.1, 0.15) is 0 Å². The Balaban J connectivity index is 1.83. The standard InChI is InChI=1S/C17H27N/c1-3-11-18-17-6-4-5-16(13-17)12-15-9-7-14(2)8-10-15/h7-10,16-18H,3-6,11-13H2,1-2H3. The molecule has 1 aliphatic carbocycles. The fourth-order valence-corrected chi connectivity index (χ4v) is 3.07. The Kier molecular flexibility index (Phi) is 5.25. The number of nitrogens with one attached hydrogen (secondary N) is 1. The molecule has 2 unspecified atom stereocenters. The van der Waals surface area contributed by atoms with Gasteiger partial charge in [0.15, 0.2) is 0 Å². The molecular formula is C17H27N. The van der Waals surface area contributed by atoms with Crippen LogP contribution < -0.4 is 5.32 Å². The zero-order valence-electron chi connectivity index (χ0n) is 11.9. The van der Waals surface area contributed by atoms with Crippen molar-refractivity contribution >= 4 is 0 Å². The summed E-state index contributed by atoms with van der Waals surface area (Å²) in [6.45, 7) is 5.59. The third-order valence-corrected chi connectivity index (χ3v) is 4.11. The van der Waals surface area contributed by atoms with Crippen LogP contribution in [0.3, 0.4) is 0 Å². The molecule has 0 heterocycles. The lowest BCUT2D eigenvalue weighted by atomic mass is 9.82. The van der Waals surface area contributed by atoms with Crippen LogP contribution in [0.1, 0.15) is 50.2 Å². The second kappa shape index (κ2) is 6.94. The van der Waals surface area contributed by atoms with E-state index in [-0.39, 0.29) is 0 Å². The predicted octanol–water partition coefficient (Wildman–Crippen LogP) is 4.10. The second-order valence-electron chi connectivity index (χ2n) is 5.87. The van der Waals surface area contributed by atoms with Crippen molar-refractivity contribution in [1.82, 2.24) is 5.32 Å². The first-order chi connectivity index (χ1) is 8.78. The highest BCUT2D eigenvalue weighted by molar-refractivity contribution is 5.21. The molecule has 0 bridgehead atoms. The average molecular weight is 245 g/mol. The van der Waals surface area contributed by atoms with Crippen molar-refractivity contribution in [3.8, 4) is 0 Å². The maximum Gasteiger partial charge on any atom is 0.00698 e. The van der Waals surface area contributed by atoms with Gasteiger partial charge >= 0.3 is 0 Å². The van der Waals surface area contributed by atoms with Crippen LogP contribution in [0.2, 0.25) is 0 Å². The molecule has 100 valence electrons. The minimum absolute atomic E-state index is 0.772. The second-order valence-corrected chi connectivity index (χ2v) is 5.87. The van der Waals surface area contributed by atoms with E-state index in [2.05, 4.69) is 43.4 Å². The first-order valence-electron chi connectivity index (χ1n) is 7.57. The highest BCUT2D eigenvalue weighted by Crippen LogP contribution is 2.27. The van der Waals surface area contributed by atoms with Crippen molar-refractivity contribution in [2.75, 3.05) is 6.54 Å². The Morgan fingerprint density at radius 2 is 1.94 bits per heavy atom. The van der Waals surface area contributed by atoms with Crippen molar-refractivity contribution in [1.29, 1.82) is 0 Å². The lowest BCUT2D eigenvalue weighted by Gasteiger charge is -2.30. The molecule has 1 N–H and O–H groups in total. The number of hydrogen-bond donors (Lipinski definition) is 1. The van der Waals surface area contributed by atoms with E-state index in [1.54, 1.807) is 0 Å². The largest absolute Gasteiger partial charge is 0.314 e. The van der Waals surface area contributed by atoms with Gasteiger partial charge in [0.2, 0.25) is 0 Å². The maximum absolute atomic E-state index is 3.70. The van der Waals surface area contributed by atoms with Crippen LogP contribution in [0.25, 0.3) is 0 Å². The van der Waals surface area contributed by atoms with Crippen molar-refractivity contribution in [3.05, 3.63) is 35.4 Å². The van der Waals surface area contributed by atoms with Crippen LogP contribution in [0.4, 0.5) is 0 Å². The van der Waals surface area contributed by atoms with Crippen LogP contribution >= 0.6 is 0 Å². The molecule has 1 nitrogen and oxygen atoms in total. The summed E-state index contributed by atoms with van der Waals surface area (Å²) in [6, 6.07) is 9.86. The third-order valence-electron chi connectivity index (χ3n) is 4.11. The highest BCUT2D eigenvalue weighted by Gasteiger charge is 2.21. The van der Waals surface area contributed by atoms with Crippen LogP contribution in [0, 0.1) is 12.8 Å². The molecule has 2 rings (SSSR count). The zero-order chi connectivity index (χ0) is 12.8. The van der Waals surface area contributed by atoms with E-state index in [0.29, 0.717) is 0 Å². The fraction of sp³-hybridized carbons (Fsp3) is 0.647. The van der Waals surface area contributed by atoms with Crippen molar-refractivity contribution in [2.45, 2.75) is 58.4 Å². The Hall–Kier alpha value is -0.820. The molecule has 18 heavy (non-hydrogen) atoms. The molecule has 0 aromatic heterocycles. The van der Waals surface area contributed by atoms with Gasteiger partial charge in [-0.3, -0.25) is 0 Å². The number of rotatable bonds is 5. The molecule has 0 amide bonds. The van der Waals surface area contributed by atoms with E-state index < -0.39 is 0 Å². The van der Waals surface area contributed by atoms with Gasteiger partial charge in [-0.25, -0.2) is 0 Å². The summed E-state index contributed by atoms with van der Waals surface area (Å²) in [5.41, 5.74) is 2.88. The quantitative estimate of drug-likeness (QED) is 0.823. The number of benzene rings is 1. The van der Waals surface area contributed by atoms with Crippen molar-refractivity contribution in [3.63, 3.8) is 0 Å². The molecule has 1 aromatic rings. The first kappa shape index (κ1) is 13.6. The summed E-state index contributed by atoms with van der Waals surface area (Å²) < 4.78 is 0. The van der Waals surface area contributed by atoms with E-state index in [4.69, 9.17) is 0 Å². The smallest absolute Gasteiger partial charge is 0.00698 e. The Labute approximate surface area is 112 Å². The topological polar surface area (TPSA) is 12.0 Å². The molecule has 2 atom stereocenters. The normalized spacial score (nSPS) is 24.1. The summed E-state index contributed by atoms with van der Waals surface area (Å²) in [5.74, 6) is 0.885. The van der Waals surface area contributed by atoms with Crippen LogP contribution in [-0.2, 0) is 6.42 Å². The molecule has 1 saturated carbocycles. The lowest BCUT2D eigenvalue weighted by molar-refractivity contribution is 0.284. The molecule has 1 aliphatic rings. The van der Waals surface area contributed by atoms with Gasteiger partial charge in [0.05, 0.1) is 0 Å². The fourth-order valence-electron chi connectivity index (χ4n) is 3.07. The van der Waals surface area contributed by atoms with Gasteiger partial charge in [0, 0.05) is 6.04 Å². The van der Waals surface area contributed by atoms with Crippen LogP contribution in [0.5, 0.6) is 0 Å². The molecule has 1 aromatic carbocycles.